The van der Waals surface area contributed by atoms with E-state index in [0.717, 1.165) is 5.69 Å². The molecule has 0 bridgehead atoms. The van der Waals surface area contributed by atoms with Crippen LogP contribution in [0.25, 0.3) is 0 Å². The van der Waals surface area contributed by atoms with Crippen molar-refractivity contribution >= 4 is 23.3 Å². The normalized spacial score (nSPS) is 13.7. The van der Waals surface area contributed by atoms with Crippen LogP contribution in [0, 0.1) is 0 Å². The van der Waals surface area contributed by atoms with Crippen molar-refractivity contribution in [1.29, 1.82) is 0 Å². The number of thiazole rings is 1. The third-order valence-corrected chi connectivity index (χ3v) is 3.16. The summed E-state index contributed by atoms with van der Waals surface area (Å²) in [6, 6.07) is -0.499. The van der Waals surface area contributed by atoms with E-state index in [2.05, 4.69) is 15.6 Å². The second-order valence-electron chi connectivity index (χ2n) is 4.17. The fourth-order valence-corrected chi connectivity index (χ4v) is 2.07. The van der Waals surface area contributed by atoms with E-state index in [4.69, 9.17) is 5.11 Å². The summed E-state index contributed by atoms with van der Waals surface area (Å²) in [5, 5.41) is 16.0. The number of urea groups is 1. The van der Waals surface area contributed by atoms with E-state index in [1.165, 1.54) is 18.3 Å². The number of rotatable bonds is 6. The van der Waals surface area contributed by atoms with Crippen LogP contribution in [-0.4, -0.2) is 27.6 Å². The summed E-state index contributed by atoms with van der Waals surface area (Å²) in [5.41, 5.74) is 1.19. The quantitative estimate of drug-likeness (QED) is 0.732. The molecule has 1 aromatic rings. The van der Waals surface area contributed by atoms with Crippen molar-refractivity contribution in [3.63, 3.8) is 0 Å². The van der Waals surface area contributed by atoms with E-state index >= 15 is 0 Å². The van der Waals surface area contributed by atoms with Gasteiger partial charge in [0.25, 0.3) is 0 Å². The molecule has 100 valence electrons. The van der Waals surface area contributed by atoms with Crippen LogP contribution in [0.4, 0.5) is 4.79 Å². The molecule has 6 nitrogen and oxygen atoms in total. The van der Waals surface area contributed by atoms with Crippen molar-refractivity contribution in [2.45, 2.75) is 38.8 Å². The van der Waals surface area contributed by atoms with Gasteiger partial charge in [-0.3, -0.25) is 0 Å². The second-order valence-corrected chi connectivity index (χ2v) is 4.89. The number of nitrogens with one attached hydrogen (secondary N) is 2. The molecule has 0 saturated heterocycles. The van der Waals surface area contributed by atoms with Gasteiger partial charge in [-0.2, -0.15) is 0 Å². The van der Waals surface area contributed by atoms with Crippen molar-refractivity contribution in [3.05, 3.63) is 16.6 Å². The van der Waals surface area contributed by atoms with Gasteiger partial charge in [0.2, 0.25) is 0 Å². The molecule has 0 fully saturated rings. The smallest absolute Gasteiger partial charge is 0.329 e. The number of carboxylic acids is 1. The average Bonchev–Trinajstić information content (AvgIpc) is 2.79. The topological polar surface area (TPSA) is 91.3 Å². The number of hydrogen-bond donors (Lipinski definition) is 3. The molecule has 2 amide bonds. The van der Waals surface area contributed by atoms with Gasteiger partial charge < -0.3 is 15.7 Å². The van der Waals surface area contributed by atoms with Gasteiger partial charge in [-0.1, -0.05) is 13.3 Å². The van der Waals surface area contributed by atoms with Crippen molar-refractivity contribution in [2.75, 3.05) is 0 Å². The SMILES string of the molecule is CCCC(C)(NC(=O)NCc1cscn1)C(=O)O. The fraction of sp³-hybridized carbons (Fsp3) is 0.545. The van der Waals surface area contributed by atoms with E-state index in [0.29, 0.717) is 12.8 Å². The standard InChI is InChI=1S/C11H17N3O3S/c1-3-4-11(2,9(15)16)14-10(17)12-5-8-6-18-7-13-8/h6-7H,3-5H2,1-2H3,(H,15,16)(H2,12,14,17). The molecule has 1 atom stereocenters. The van der Waals surface area contributed by atoms with Gasteiger partial charge in [0.05, 0.1) is 17.7 Å². The predicted octanol–water partition coefficient (Wildman–Crippen LogP) is 1.59. The first-order chi connectivity index (χ1) is 8.48. The molecule has 0 radical (unpaired) electrons. The zero-order valence-corrected chi connectivity index (χ0v) is 11.2. The van der Waals surface area contributed by atoms with Crippen LogP contribution < -0.4 is 10.6 Å². The summed E-state index contributed by atoms with van der Waals surface area (Å²) >= 11 is 1.44. The van der Waals surface area contributed by atoms with Gasteiger partial charge in [0.1, 0.15) is 5.54 Å². The molecule has 0 spiro atoms. The highest BCUT2D eigenvalue weighted by Gasteiger charge is 2.33. The van der Waals surface area contributed by atoms with Crippen LogP contribution in [0.5, 0.6) is 0 Å². The molecule has 0 aliphatic heterocycles. The summed E-state index contributed by atoms with van der Waals surface area (Å²) in [5.74, 6) is -1.03. The van der Waals surface area contributed by atoms with Crippen molar-refractivity contribution < 1.29 is 14.7 Å². The maximum Gasteiger partial charge on any atom is 0.329 e. The molecule has 1 rings (SSSR count). The van der Waals surface area contributed by atoms with Crippen molar-refractivity contribution in [2.24, 2.45) is 0 Å². The number of carboxylic acid groups (broad SMARTS) is 1. The molecular formula is C11H17N3O3S. The Labute approximate surface area is 109 Å². The van der Waals surface area contributed by atoms with Crippen molar-refractivity contribution in [3.8, 4) is 0 Å². The molecule has 1 unspecified atom stereocenters. The maximum atomic E-state index is 11.6. The Morgan fingerprint density at radius 2 is 2.28 bits per heavy atom. The Hall–Kier alpha value is -1.63. The van der Waals surface area contributed by atoms with E-state index in [-0.39, 0.29) is 6.54 Å². The first kappa shape index (κ1) is 14.4. The monoisotopic (exact) mass is 271 g/mol. The third-order valence-electron chi connectivity index (χ3n) is 2.52. The molecule has 18 heavy (non-hydrogen) atoms. The summed E-state index contributed by atoms with van der Waals surface area (Å²) in [4.78, 5) is 26.8. The third kappa shape index (κ3) is 3.99. The van der Waals surface area contributed by atoms with Crippen LogP contribution in [0.1, 0.15) is 32.4 Å². The number of amides is 2. The fourth-order valence-electron chi connectivity index (χ4n) is 1.51. The Balaban J connectivity index is 2.49. The molecule has 3 N–H and O–H groups in total. The number of hydrogen-bond acceptors (Lipinski definition) is 4. The van der Waals surface area contributed by atoms with Gasteiger partial charge in [-0.25, -0.2) is 14.6 Å². The van der Waals surface area contributed by atoms with Gasteiger partial charge in [-0.15, -0.1) is 11.3 Å². The molecule has 7 heteroatoms. The zero-order valence-electron chi connectivity index (χ0n) is 10.4. The first-order valence-electron chi connectivity index (χ1n) is 5.64. The number of aliphatic carboxylic acids is 1. The molecule has 1 heterocycles. The van der Waals surface area contributed by atoms with Gasteiger partial charge >= 0.3 is 12.0 Å². The summed E-state index contributed by atoms with van der Waals surface area (Å²) in [6.45, 7) is 3.66. The molecule has 0 aromatic carbocycles. The lowest BCUT2D eigenvalue weighted by Gasteiger charge is -2.25. The first-order valence-corrected chi connectivity index (χ1v) is 6.58. The Morgan fingerprint density at radius 3 is 2.78 bits per heavy atom. The van der Waals surface area contributed by atoms with E-state index in [1.54, 1.807) is 5.51 Å². The predicted molar refractivity (Wildman–Crippen MR) is 68.4 cm³/mol. The van der Waals surface area contributed by atoms with Crippen molar-refractivity contribution in [1.82, 2.24) is 15.6 Å². The lowest BCUT2D eigenvalue weighted by atomic mass is 9.97. The molecule has 0 saturated carbocycles. The minimum atomic E-state index is -1.24. The number of nitrogens with zero attached hydrogens (tertiary/aromatic N) is 1. The maximum absolute atomic E-state index is 11.6. The zero-order chi connectivity index (χ0) is 13.6. The summed E-state index contributed by atoms with van der Waals surface area (Å²) in [6.07, 6.45) is 1.06. The van der Waals surface area contributed by atoms with Crippen LogP contribution in [-0.2, 0) is 11.3 Å². The van der Waals surface area contributed by atoms with Crippen LogP contribution in [0.2, 0.25) is 0 Å². The van der Waals surface area contributed by atoms with Gasteiger partial charge in [0.15, 0.2) is 0 Å². The largest absolute Gasteiger partial charge is 0.480 e. The summed E-state index contributed by atoms with van der Waals surface area (Å²) in [7, 11) is 0. The van der Waals surface area contributed by atoms with Crippen LogP contribution in [0.15, 0.2) is 10.9 Å². The highest BCUT2D eigenvalue weighted by atomic mass is 32.1. The molecule has 0 aliphatic carbocycles. The highest BCUT2D eigenvalue weighted by Crippen LogP contribution is 2.12. The minimum absolute atomic E-state index is 0.289. The molecule has 0 aliphatic rings. The Morgan fingerprint density at radius 1 is 1.56 bits per heavy atom. The van der Waals surface area contributed by atoms with E-state index in [1.807, 2.05) is 12.3 Å². The number of carbonyl (C=O) groups excluding carboxylic acids is 1. The lowest BCUT2D eigenvalue weighted by Crippen LogP contribution is -2.55. The number of carbonyl (C=O) groups is 2. The van der Waals surface area contributed by atoms with Gasteiger partial charge in [-0.05, 0) is 13.3 Å². The lowest BCUT2D eigenvalue weighted by molar-refractivity contribution is -0.144. The van der Waals surface area contributed by atoms with Crippen LogP contribution >= 0.6 is 11.3 Å². The van der Waals surface area contributed by atoms with E-state index in [9.17, 15) is 9.59 Å². The minimum Gasteiger partial charge on any atom is -0.480 e. The Kier molecular flexibility index (Phi) is 5.08. The average molecular weight is 271 g/mol. The van der Waals surface area contributed by atoms with Crippen LogP contribution in [0.3, 0.4) is 0 Å². The Bertz CT molecular complexity index is 408. The second kappa shape index (κ2) is 6.34. The molecular weight excluding hydrogens is 254 g/mol. The summed E-state index contributed by atoms with van der Waals surface area (Å²) < 4.78 is 0. The van der Waals surface area contributed by atoms with Gasteiger partial charge in [0, 0.05) is 5.38 Å². The number of aromatic nitrogens is 1. The highest BCUT2D eigenvalue weighted by molar-refractivity contribution is 7.07. The van der Waals surface area contributed by atoms with E-state index < -0.39 is 17.5 Å². The molecule has 1 aromatic heterocycles.